The van der Waals surface area contributed by atoms with Crippen molar-refractivity contribution < 1.29 is 15.0 Å². The number of aliphatic carboxylic acids is 1. The average Bonchev–Trinajstić information content (AvgIpc) is 2.63. The van der Waals surface area contributed by atoms with Gasteiger partial charge < -0.3 is 21.2 Å². The third-order valence-electron chi connectivity index (χ3n) is 6.16. The highest BCUT2D eigenvalue weighted by molar-refractivity contribution is 5.73. The van der Waals surface area contributed by atoms with Crippen LogP contribution in [-0.4, -0.2) is 17.2 Å². The van der Waals surface area contributed by atoms with Crippen molar-refractivity contribution in [3.63, 3.8) is 0 Å². The predicted molar refractivity (Wildman–Crippen MR) is 120 cm³/mol. The molecule has 0 aromatic rings. The number of aliphatic hydroxyl groups is 1. The molecule has 0 aromatic carbocycles. The highest BCUT2D eigenvalue weighted by atomic mass is 16.4. The van der Waals surface area contributed by atoms with Gasteiger partial charge in [-0.25, -0.2) is 0 Å². The molecule has 0 saturated carbocycles. The third kappa shape index (κ3) is 13.5. The summed E-state index contributed by atoms with van der Waals surface area (Å²) in [6.45, 7) is 6.08. The van der Waals surface area contributed by atoms with E-state index < -0.39 is 17.5 Å². The minimum atomic E-state index is -1.05. The number of hydrogen-bond donors (Lipinski definition) is 2. The zero-order valence-electron chi connectivity index (χ0n) is 19.6. The highest BCUT2D eigenvalue weighted by Crippen LogP contribution is 2.35. The minimum Gasteiger partial charge on any atom is -0.549 e. The molecular formula is C24H51NO3. The van der Waals surface area contributed by atoms with Crippen molar-refractivity contribution in [1.29, 1.82) is 0 Å². The van der Waals surface area contributed by atoms with Gasteiger partial charge in [0, 0.05) is 5.41 Å². The molecule has 0 aliphatic carbocycles. The smallest absolute Gasteiger partial charge is 0.0620 e. The van der Waals surface area contributed by atoms with E-state index in [0.717, 1.165) is 25.7 Å². The number of carbonyl (C=O) groups is 1. The fourth-order valence-corrected chi connectivity index (χ4v) is 4.07. The van der Waals surface area contributed by atoms with Crippen LogP contribution >= 0.6 is 0 Å². The number of carbonyl (C=O) groups excluding carboxylic acids is 1. The number of carboxylic acid groups (broad SMARTS) is 1. The normalized spacial score (nSPS) is 12.6. The van der Waals surface area contributed by atoms with Gasteiger partial charge in [0.1, 0.15) is 0 Å². The van der Waals surface area contributed by atoms with E-state index in [9.17, 15) is 15.0 Å². The molecule has 28 heavy (non-hydrogen) atoms. The molecule has 1 atom stereocenters. The average molecular weight is 402 g/mol. The van der Waals surface area contributed by atoms with Crippen LogP contribution in [0.5, 0.6) is 0 Å². The van der Waals surface area contributed by atoms with Gasteiger partial charge in [-0.1, -0.05) is 117 Å². The quantitative estimate of drug-likeness (QED) is 0.227. The van der Waals surface area contributed by atoms with E-state index in [1.165, 1.54) is 77.0 Å². The van der Waals surface area contributed by atoms with Crippen LogP contribution in [0.15, 0.2) is 0 Å². The Labute approximate surface area is 175 Å². The molecule has 0 rings (SSSR count). The Balaban J connectivity index is 0. The van der Waals surface area contributed by atoms with Crippen LogP contribution in [0.3, 0.4) is 0 Å². The van der Waals surface area contributed by atoms with Crippen LogP contribution in [0.25, 0.3) is 0 Å². The number of unbranched alkanes of at least 4 members (excludes halogenated alkanes) is 14. The van der Waals surface area contributed by atoms with E-state index in [0.29, 0.717) is 12.8 Å². The first kappa shape index (κ1) is 29.6. The van der Waals surface area contributed by atoms with Crippen LogP contribution in [0.4, 0.5) is 0 Å². The van der Waals surface area contributed by atoms with Gasteiger partial charge in [0.15, 0.2) is 0 Å². The Bertz CT molecular complexity index is 325. The topological polar surface area (TPSA) is 96.9 Å². The Morgan fingerprint density at radius 2 is 1.00 bits per heavy atom. The lowest BCUT2D eigenvalue weighted by Crippen LogP contribution is -2.49. The first-order chi connectivity index (χ1) is 13.0. The van der Waals surface area contributed by atoms with E-state index in [1.807, 2.05) is 0 Å². The fraction of sp³-hybridized carbons (Fsp3) is 0.958. The van der Waals surface area contributed by atoms with Crippen molar-refractivity contribution in [2.24, 2.45) is 5.41 Å². The van der Waals surface area contributed by atoms with Gasteiger partial charge in [-0.2, -0.15) is 0 Å². The second-order valence-corrected chi connectivity index (χ2v) is 8.57. The lowest BCUT2D eigenvalue weighted by Gasteiger charge is -2.38. The summed E-state index contributed by atoms with van der Waals surface area (Å²) in [5, 5.41) is 22.1. The van der Waals surface area contributed by atoms with Crippen LogP contribution < -0.4 is 11.3 Å². The maximum atomic E-state index is 11.9. The summed E-state index contributed by atoms with van der Waals surface area (Å²) in [5.74, 6) is -1.05. The maximum absolute atomic E-state index is 11.9. The molecule has 0 aliphatic heterocycles. The molecular weight excluding hydrogens is 350 g/mol. The lowest BCUT2D eigenvalue weighted by molar-refractivity contribution is -0.324. The van der Waals surface area contributed by atoms with Crippen molar-refractivity contribution in [3.8, 4) is 0 Å². The zero-order valence-corrected chi connectivity index (χ0v) is 19.6. The third-order valence-corrected chi connectivity index (χ3v) is 6.16. The fourth-order valence-electron chi connectivity index (χ4n) is 4.07. The van der Waals surface area contributed by atoms with Crippen LogP contribution in [0.1, 0.15) is 136 Å². The molecule has 0 aromatic heterocycles. The summed E-state index contributed by atoms with van der Waals surface area (Å²) in [6, 6.07) is 0. The van der Waals surface area contributed by atoms with Gasteiger partial charge in [0.2, 0.25) is 0 Å². The predicted octanol–water partition coefficient (Wildman–Crippen LogP) is 6.54. The van der Waals surface area contributed by atoms with Gasteiger partial charge >= 0.3 is 0 Å². The standard InChI is InChI=1S/C24H48O3.H3N/c1-4-6-8-10-12-14-16-18-20-24(22(3)25,23(26)27)21-19-17-15-13-11-9-7-5-2;/h22,25H,4-21H2,1-3H3,(H,26,27);1H3. The molecule has 0 bridgehead atoms. The number of carboxylic acids is 1. The van der Waals surface area contributed by atoms with Crippen molar-refractivity contribution in [3.05, 3.63) is 0 Å². The molecule has 4 heteroatoms. The van der Waals surface area contributed by atoms with E-state index in [2.05, 4.69) is 13.8 Å². The van der Waals surface area contributed by atoms with Gasteiger partial charge in [-0.15, -0.1) is 0 Å². The summed E-state index contributed by atoms with van der Waals surface area (Å²) >= 11 is 0. The van der Waals surface area contributed by atoms with Crippen molar-refractivity contribution in [2.75, 3.05) is 0 Å². The zero-order chi connectivity index (χ0) is 20.4. The molecule has 0 amide bonds. The van der Waals surface area contributed by atoms with Gasteiger partial charge in [-0.3, -0.25) is 0 Å². The summed E-state index contributed by atoms with van der Waals surface area (Å²) in [5.41, 5.74) is -1.05. The SMILES string of the molecule is CCCCCCCCCCC(CCCCCCCCCC)(C(=O)[O-])C(C)O.[NH4+]. The Kier molecular flexibility index (Phi) is 20.8. The number of hydrogen-bond acceptors (Lipinski definition) is 3. The number of aliphatic hydroxyl groups excluding tert-OH is 1. The van der Waals surface area contributed by atoms with E-state index in [-0.39, 0.29) is 6.15 Å². The van der Waals surface area contributed by atoms with Crippen molar-refractivity contribution in [1.82, 2.24) is 6.15 Å². The highest BCUT2D eigenvalue weighted by Gasteiger charge is 2.35. The van der Waals surface area contributed by atoms with Gasteiger partial charge in [0.05, 0.1) is 12.1 Å². The largest absolute Gasteiger partial charge is 0.549 e. The molecule has 0 radical (unpaired) electrons. The second kappa shape index (κ2) is 19.7. The molecule has 0 spiro atoms. The summed E-state index contributed by atoms with van der Waals surface area (Å²) in [6.07, 6.45) is 19.3. The van der Waals surface area contributed by atoms with Crippen LogP contribution in [-0.2, 0) is 4.79 Å². The van der Waals surface area contributed by atoms with E-state index in [1.54, 1.807) is 6.92 Å². The van der Waals surface area contributed by atoms with Gasteiger partial charge in [0.25, 0.3) is 0 Å². The molecule has 0 heterocycles. The number of rotatable bonds is 20. The molecule has 170 valence electrons. The summed E-state index contributed by atoms with van der Waals surface area (Å²) in [7, 11) is 0. The maximum Gasteiger partial charge on any atom is 0.0620 e. The molecule has 5 N–H and O–H groups in total. The first-order valence-electron chi connectivity index (χ1n) is 11.9. The minimum absolute atomic E-state index is 0. The van der Waals surface area contributed by atoms with E-state index >= 15 is 0 Å². The molecule has 0 aliphatic rings. The van der Waals surface area contributed by atoms with Crippen molar-refractivity contribution >= 4 is 5.97 Å². The van der Waals surface area contributed by atoms with E-state index in [4.69, 9.17) is 0 Å². The Morgan fingerprint density at radius 3 is 1.25 bits per heavy atom. The van der Waals surface area contributed by atoms with Crippen LogP contribution in [0.2, 0.25) is 0 Å². The molecule has 4 nitrogen and oxygen atoms in total. The molecule has 1 unspecified atom stereocenters. The van der Waals surface area contributed by atoms with Crippen molar-refractivity contribution in [2.45, 2.75) is 142 Å². The molecule has 0 saturated heterocycles. The lowest BCUT2D eigenvalue weighted by atomic mass is 9.74. The monoisotopic (exact) mass is 401 g/mol. The van der Waals surface area contributed by atoms with Gasteiger partial charge in [-0.05, 0) is 19.8 Å². The summed E-state index contributed by atoms with van der Waals surface area (Å²) < 4.78 is 0. The summed E-state index contributed by atoms with van der Waals surface area (Å²) in [4.78, 5) is 11.9. The molecule has 0 fully saturated rings. The van der Waals surface area contributed by atoms with Crippen LogP contribution in [0, 0.1) is 5.41 Å². The number of quaternary nitrogens is 1. The second-order valence-electron chi connectivity index (χ2n) is 8.57. The first-order valence-corrected chi connectivity index (χ1v) is 11.9. The Morgan fingerprint density at radius 1 is 0.714 bits per heavy atom. The Hall–Kier alpha value is -0.610.